The number of amides is 1. The molecule has 0 saturated carbocycles. The van der Waals surface area contributed by atoms with Gasteiger partial charge in [-0.25, -0.2) is 0 Å². The molecule has 2 rings (SSSR count). The summed E-state index contributed by atoms with van der Waals surface area (Å²) in [6, 6.07) is 11.7. The lowest BCUT2D eigenvalue weighted by Gasteiger charge is -2.05. The van der Waals surface area contributed by atoms with E-state index in [-0.39, 0.29) is 12.5 Å². The molecular weight excluding hydrogens is 228 g/mol. The fourth-order valence-electron chi connectivity index (χ4n) is 1.66. The van der Waals surface area contributed by atoms with Crippen LogP contribution in [-0.2, 0) is 17.8 Å². The average Bonchev–Trinajstić information content (AvgIpc) is 2.76. The van der Waals surface area contributed by atoms with Gasteiger partial charge in [-0.2, -0.15) is 5.10 Å². The van der Waals surface area contributed by atoms with Gasteiger partial charge in [0, 0.05) is 12.7 Å². The van der Waals surface area contributed by atoms with Gasteiger partial charge in [0.25, 0.3) is 0 Å². The van der Waals surface area contributed by atoms with Crippen molar-refractivity contribution in [3.05, 3.63) is 48.2 Å². The molecule has 1 aromatic heterocycles. The Bertz CT molecular complexity index is 507. The first kappa shape index (κ1) is 12.2. The topological polar surface area (TPSA) is 72.9 Å². The van der Waals surface area contributed by atoms with Crippen LogP contribution < -0.4 is 11.1 Å². The fraction of sp³-hybridized carbons (Fsp3) is 0.231. The summed E-state index contributed by atoms with van der Waals surface area (Å²) in [5, 5.41) is 6.80. The molecule has 5 heteroatoms. The first-order valence-corrected chi connectivity index (χ1v) is 5.83. The summed E-state index contributed by atoms with van der Waals surface area (Å²) in [4.78, 5) is 11.6. The van der Waals surface area contributed by atoms with Gasteiger partial charge in [-0.05, 0) is 18.1 Å². The zero-order valence-corrected chi connectivity index (χ0v) is 10.0. The number of nitrogen functional groups attached to an aromatic ring is 1. The van der Waals surface area contributed by atoms with Crippen LogP contribution in [-0.4, -0.2) is 22.2 Å². The molecule has 0 fully saturated rings. The molecule has 0 saturated heterocycles. The lowest BCUT2D eigenvalue weighted by atomic mass is 10.1. The highest BCUT2D eigenvalue weighted by molar-refractivity contribution is 5.75. The molecule has 1 amide bonds. The van der Waals surface area contributed by atoms with Crippen molar-refractivity contribution >= 4 is 11.7 Å². The predicted molar refractivity (Wildman–Crippen MR) is 69.8 cm³/mol. The van der Waals surface area contributed by atoms with Crippen molar-refractivity contribution in [3.63, 3.8) is 0 Å². The standard InChI is InChI=1S/C13H16N4O/c14-12-7-9-17(16-12)10-13(18)15-8-6-11-4-2-1-3-5-11/h1-5,7,9H,6,8,10H2,(H2,14,16)(H,15,18). The van der Waals surface area contributed by atoms with E-state index in [1.807, 2.05) is 30.3 Å². The summed E-state index contributed by atoms with van der Waals surface area (Å²) in [5.41, 5.74) is 6.68. The molecule has 2 aromatic rings. The molecule has 0 spiro atoms. The van der Waals surface area contributed by atoms with Gasteiger partial charge in [0.2, 0.25) is 5.91 Å². The van der Waals surface area contributed by atoms with Gasteiger partial charge < -0.3 is 11.1 Å². The van der Waals surface area contributed by atoms with Crippen molar-refractivity contribution in [2.75, 3.05) is 12.3 Å². The van der Waals surface area contributed by atoms with Crippen LogP contribution in [0.15, 0.2) is 42.6 Å². The normalized spacial score (nSPS) is 10.2. The molecule has 1 aromatic carbocycles. The highest BCUT2D eigenvalue weighted by atomic mass is 16.2. The van der Waals surface area contributed by atoms with E-state index in [4.69, 9.17) is 5.73 Å². The molecule has 18 heavy (non-hydrogen) atoms. The second kappa shape index (κ2) is 5.86. The first-order valence-electron chi connectivity index (χ1n) is 5.83. The Hall–Kier alpha value is -2.30. The van der Waals surface area contributed by atoms with Crippen molar-refractivity contribution < 1.29 is 4.79 Å². The van der Waals surface area contributed by atoms with Crippen LogP contribution in [0.4, 0.5) is 5.82 Å². The van der Waals surface area contributed by atoms with Gasteiger partial charge in [-0.15, -0.1) is 0 Å². The van der Waals surface area contributed by atoms with E-state index >= 15 is 0 Å². The van der Waals surface area contributed by atoms with Gasteiger partial charge >= 0.3 is 0 Å². The van der Waals surface area contributed by atoms with E-state index in [9.17, 15) is 4.79 Å². The molecule has 0 aliphatic heterocycles. The van der Waals surface area contributed by atoms with E-state index in [2.05, 4.69) is 10.4 Å². The van der Waals surface area contributed by atoms with Gasteiger partial charge in [0.15, 0.2) is 0 Å². The Labute approximate surface area is 106 Å². The SMILES string of the molecule is Nc1ccn(CC(=O)NCCc2ccccc2)n1. The largest absolute Gasteiger partial charge is 0.382 e. The maximum absolute atomic E-state index is 11.6. The summed E-state index contributed by atoms with van der Waals surface area (Å²) in [7, 11) is 0. The summed E-state index contributed by atoms with van der Waals surface area (Å²) >= 11 is 0. The average molecular weight is 244 g/mol. The maximum atomic E-state index is 11.6. The monoisotopic (exact) mass is 244 g/mol. The minimum absolute atomic E-state index is 0.0611. The van der Waals surface area contributed by atoms with Crippen molar-refractivity contribution in [2.24, 2.45) is 0 Å². The van der Waals surface area contributed by atoms with Crippen LogP contribution in [0.3, 0.4) is 0 Å². The Balaban J connectivity index is 1.72. The van der Waals surface area contributed by atoms with Crippen molar-refractivity contribution in [1.29, 1.82) is 0 Å². The molecule has 0 aliphatic carbocycles. The number of benzene rings is 1. The van der Waals surface area contributed by atoms with E-state index in [0.29, 0.717) is 12.4 Å². The van der Waals surface area contributed by atoms with Crippen molar-refractivity contribution in [1.82, 2.24) is 15.1 Å². The fourth-order valence-corrected chi connectivity index (χ4v) is 1.66. The summed E-state index contributed by atoms with van der Waals surface area (Å²) in [6.45, 7) is 0.825. The minimum Gasteiger partial charge on any atom is -0.382 e. The molecule has 0 atom stereocenters. The molecule has 0 bridgehead atoms. The number of nitrogens with zero attached hydrogens (tertiary/aromatic N) is 2. The maximum Gasteiger partial charge on any atom is 0.241 e. The zero-order valence-electron chi connectivity index (χ0n) is 10.0. The van der Waals surface area contributed by atoms with E-state index in [0.717, 1.165) is 6.42 Å². The third kappa shape index (κ3) is 3.62. The van der Waals surface area contributed by atoms with Crippen molar-refractivity contribution in [2.45, 2.75) is 13.0 Å². The number of carbonyl (C=O) groups excluding carboxylic acids is 1. The number of nitrogens with one attached hydrogen (secondary N) is 1. The quantitative estimate of drug-likeness (QED) is 0.818. The molecule has 94 valence electrons. The predicted octanol–water partition coefficient (Wildman–Crippen LogP) is 0.824. The van der Waals surface area contributed by atoms with Gasteiger partial charge in [0.05, 0.1) is 0 Å². The number of aromatic nitrogens is 2. The first-order chi connectivity index (χ1) is 8.74. The summed E-state index contributed by atoms with van der Waals surface area (Å²) in [6.07, 6.45) is 2.51. The number of hydrogen-bond donors (Lipinski definition) is 2. The molecule has 0 unspecified atom stereocenters. The third-order valence-electron chi connectivity index (χ3n) is 2.55. The number of rotatable bonds is 5. The number of carbonyl (C=O) groups is 1. The van der Waals surface area contributed by atoms with Crippen LogP contribution in [0.1, 0.15) is 5.56 Å². The molecule has 5 nitrogen and oxygen atoms in total. The molecule has 0 radical (unpaired) electrons. The number of nitrogens with two attached hydrogens (primary N) is 1. The molecule has 1 heterocycles. The second-order valence-corrected chi connectivity index (χ2v) is 4.02. The number of anilines is 1. The van der Waals surface area contributed by atoms with Crippen LogP contribution in [0.25, 0.3) is 0 Å². The van der Waals surface area contributed by atoms with Gasteiger partial charge in [0.1, 0.15) is 12.4 Å². The Morgan fingerprint density at radius 3 is 2.72 bits per heavy atom. The number of hydrogen-bond acceptors (Lipinski definition) is 3. The molecular formula is C13H16N4O. The van der Waals surface area contributed by atoms with E-state index in [1.54, 1.807) is 12.3 Å². The molecule has 0 aliphatic rings. The highest BCUT2D eigenvalue weighted by Crippen LogP contribution is 1.98. The Kier molecular flexibility index (Phi) is 3.96. The summed E-state index contributed by atoms with van der Waals surface area (Å²) in [5.74, 6) is 0.362. The van der Waals surface area contributed by atoms with Crippen LogP contribution in [0.2, 0.25) is 0 Å². The third-order valence-corrected chi connectivity index (χ3v) is 2.55. The van der Waals surface area contributed by atoms with Crippen LogP contribution in [0, 0.1) is 0 Å². The van der Waals surface area contributed by atoms with Gasteiger partial charge in [-0.3, -0.25) is 9.48 Å². The second-order valence-electron chi connectivity index (χ2n) is 4.02. The Morgan fingerprint density at radius 2 is 2.06 bits per heavy atom. The lowest BCUT2D eigenvalue weighted by Crippen LogP contribution is -2.29. The minimum atomic E-state index is -0.0611. The van der Waals surface area contributed by atoms with Crippen LogP contribution >= 0.6 is 0 Å². The van der Waals surface area contributed by atoms with Crippen LogP contribution in [0.5, 0.6) is 0 Å². The summed E-state index contributed by atoms with van der Waals surface area (Å²) < 4.78 is 1.52. The zero-order chi connectivity index (χ0) is 12.8. The smallest absolute Gasteiger partial charge is 0.241 e. The lowest BCUT2D eigenvalue weighted by molar-refractivity contribution is -0.121. The van der Waals surface area contributed by atoms with E-state index < -0.39 is 0 Å². The highest BCUT2D eigenvalue weighted by Gasteiger charge is 2.03. The Morgan fingerprint density at radius 1 is 1.28 bits per heavy atom. The van der Waals surface area contributed by atoms with Crippen molar-refractivity contribution in [3.8, 4) is 0 Å². The van der Waals surface area contributed by atoms with Gasteiger partial charge in [-0.1, -0.05) is 30.3 Å². The molecule has 3 N–H and O–H groups in total. The van der Waals surface area contributed by atoms with E-state index in [1.165, 1.54) is 10.2 Å².